The Labute approximate surface area is 156 Å². The van der Waals surface area contributed by atoms with Crippen molar-refractivity contribution >= 4 is 39.4 Å². The first-order valence-electron chi connectivity index (χ1n) is 8.06. The number of halogens is 1. The molecular weight excluding hydrogens is 374 g/mol. The van der Waals surface area contributed by atoms with Crippen LogP contribution in [-0.4, -0.2) is 36.7 Å². The molecule has 0 radical (unpaired) electrons. The molecule has 0 aliphatic heterocycles. The van der Waals surface area contributed by atoms with Crippen molar-refractivity contribution in [1.82, 2.24) is 25.6 Å². The number of aromatic carboxylic acids is 1. The van der Waals surface area contributed by atoms with Crippen molar-refractivity contribution < 1.29 is 14.3 Å². The number of aromatic nitrogens is 5. The molecule has 0 atom stereocenters. The summed E-state index contributed by atoms with van der Waals surface area (Å²) in [5.74, 6) is -1.48. The second kappa shape index (κ2) is 6.44. The highest BCUT2D eigenvalue weighted by atomic mass is 35.5. The number of pyridine rings is 1. The number of rotatable bonds is 4. The van der Waals surface area contributed by atoms with Crippen LogP contribution in [0.4, 0.5) is 0 Å². The Hall–Kier alpha value is -3.33. The highest BCUT2D eigenvalue weighted by Gasteiger charge is 2.19. The molecule has 4 rings (SSSR count). The van der Waals surface area contributed by atoms with Crippen LogP contribution in [0.2, 0.25) is 5.02 Å². The van der Waals surface area contributed by atoms with Crippen molar-refractivity contribution in [2.45, 2.75) is 19.8 Å². The predicted octanol–water partition coefficient (Wildman–Crippen LogP) is 2.83. The molecule has 10 heteroatoms. The van der Waals surface area contributed by atoms with Crippen LogP contribution >= 0.6 is 11.6 Å². The van der Waals surface area contributed by atoms with E-state index in [0.29, 0.717) is 33.6 Å². The molecule has 0 aliphatic rings. The molecule has 1 aromatic carbocycles. The lowest BCUT2D eigenvalue weighted by Gasteiger charge is -2.11. The summed E-state index contributed by atoms with van der Waals surface area (Å²) in [6.07, 6.45) is 1.24. The van der Waals surface area contributed by atoms with E-state index in [2.05, 4.69) is 25.6 Å². The Morgan fingerprint density at radius 2 is 2.11 bits per heavy atom. The fourth-order valence-corrected chi connectivity index (χ4v) is 3.23. The van der Waals surface area contributed by atoms with Gasteiger partial charge in [0.2, 0.25) is 11.6 Å². The summed E-state index contributed by atoms with van der Waals surface area (Å²) in [5.41, 5.74) is 1.25. The minimum Gasteiger partial charge on any atom is -0.475 e. The molecule has 0 saturated heterocycles. The molecule has 3 aromatic heterocycles. The van der Waals surface area contributed by atoms with Crippen LogP contribution in [0.3, 0.4) is 0 Å². The van der Waals surface area contributed by atoms with E-state index in [-0.39, 0.29) is 16.8 Å². The Morgan fingerprint density at radius 1 is 1.30 bits per heavy atom. The molecule has 136 valence electrons. The zero-order valence-corrected chi connectivity index (χ0v) is 14.7. The van der Waals surface area contributed by atoms with Gasteiger partial charge in [-0.3, -0.25) is 4.79 Å². The van der Waals surface area contributed by atoms with Crippen LogP contribution in [0.1, 0.15) is 29.5 Å². The van der Waals surface area contributed by atoms with E-state index in [0.717, 1.165) is 12.5 Å². The van der Waals surface area contributed by atoms with Gasteiger partial charge in [-0.2, -0.15) is 5.21 Å². The third-order valence-corrected chi connectivity index (χ3v) is 4.44. The number of tetrazole rings is 1. The molecule has 9 nitrogen and oxygen atoms in total. The van der Waals surface area contributed by atoms with Crippen molar-refractivity contribution in [3.8, 4) is 11.5 Å². The van der Waals surface area contributed by atoms with Gasteiger partial charge in [-0.05, 0) is 23.8 Å². The van der Waals surface area contributed by atoms with Crippen LogP contribution in [0.5, 0.6) is 0 Å². The lowest BCUT2D eigenvalue weighted by Crippen LogP contribution is -2.08. The van der Waals surface area contributed by atoms with Crippen LogP contribution in [-0.2, 0) is 6.42 Å². The molecule has 0 fully saturated rings. The van der Waals surface area contributed by atoms with Crippen molar-refractivity contribution in [3.63, 3.8) is 0 Å². The summed E-state index contributed by atoms with van der Waals surface area (Å²) in [4.78, 5) is 28.3. The lowest BCUT2D eigenvalue weighted by atomic mass is 10.0. The van der Waals surface area contributed by atoms with Gasteiger partial charge in [0.05, 0.1) is 15.9 Å². The predicted molar refractivity (Wildman–Crippen MR) is 96.9 cm³/mol. The second-order valence-corrected chi connectivity index (χ2v) is 6.29. The monoisotopic (exact) mass is 385 g/mol. The smallest absolute Gasteiger partial charge is 0.371 e. The molecule has 4 aromatic rings. The van der Waals surface area contributed by atoms with Gasteiger partial charge in [0.25, 0.3) is 0 Å². The van der Waals surface area contributed by atoms with Crippen LogP contribution in [0.15, 0.2) is 27.4 Å². The Bertz CT molecular complexity index is 1250. The van der Waals surface area contributed by atoms with Gasteiger partial charge in [0.1, 0.15) is 11.3 Å². The first-order valence-corrected chi connectivity index (χ1v) is 8.44. The van der Waals surface area contributed by atoms with Gasteiger partial charge in [0.15, 0.2) is 5.43 Å². The van der Waals surface area contributed by atoms with E-state index in [1.165, 1.54) is 0 Å². The molecule has 0 saturated carbocycles. The van der Waals surface area contributed by atoms with E-state index in [4.69, 9.17) is 16.0 Å². The maximum absolute atomic E-state index is 12.4. The van der Waals surface area contributed by atoms with Crippen molar-refractivity contribution in [2.24, 2.45) is 0 Å². The van der Waals surface area contributed by atoms with Gasteiger partial charge in [-0.1, -0.05) is 24.9 Å². The molecule has 3 heterocycles. The Balaban J connectivity index is 2.15. The zero-order valence-electron chi connectivity index (χ0n) is 14.0. The number of H-pyrrole nitrogens is 1. The number of hydrogen-bond acceptors (Lipinski definition) is 7. The third kappa shape index (κ3) is 2.81. The molecule has 27 heavy (non-hydrogen) atoms. The Morgan fingerprint density at radius 3 is 2.78 bits per heavy atom. The van der Waals surface area contributed by atoms with E-state index in [1.807, 2.05) is 6.92 Å². The van der Waals surface area contributed by atoms with E-state index in [1.54, 1.807) is 12.1 Å². The number of hydrogen-bond donors (Lipinski definition) is 2. The molecule has 0 unspecified atom stereocenters. The molecule has 0 amide bonds. The van der Waals surface area contributed by atoms with Gasteiger partial charge in [0, 0.05) is 17.0 Å². The summed E-state index contributed by atoms with van der Waals surface area (Å²) in [6, 6.07) is 4.11. The second-order valence-electron chi connectivity index (χ2n) is 5.88. The van der Waals surface area contributed by atoms with E-state index in [9.17, 15) is 14.7 Å². The number of nitrogens with zero attached hydrogens (tertiary/aromatic N) is 4. The largest absolute Gasteiger partial charge is 0.475 e. The van der Waals surface area contributed by atoms with Crippen molar-refractivity contribution in [2.75, 3.05) is 0 Å². The van der Waals surface area contributed by atoms with E-state index >= 15 is 0 Å². The van der Waals surface area contributed by atoms with E-state index < -0.39 is 17.2 Å². The normalized spacial score (nSPS) is 11.3. The fourth-order valence-electron chi connectivity index (χ4n) is 2.98. The van der Waals surface area contributed by atoms with Crippen molar-refractivity contribution in [3.05, 3.63) is 44.8 Å². The highest BCUT2D eigenvalue weighted by molar-refractivity contribution is 6.36. The van der Waals surface area contributed by atoms with Crippen LogP contribution < -0.4 is 5.43 Å². The maximum atomic E-state index is 12.4. The number of benzene rings is 1. The number of carboxylic acid groups (broad SMARTS) is 1. The minimum absolute atomic E-state index is 0.197. The summed E-state index contributed by atoms with van der Waals surface area (Å²) in [7, 11) is 0. The van der Waals surface area contributed by atoms with Crippen LogP contribution in [0, 0.1) is 0 Å². The average molecular weight is 386 g/mol. The summed E-state index contributed by atoms with van der Waals surface area (Å²) in [5, 5.41) is 24.1. The SMILES string of the molecule is CCCc1c2nc(-c3nn[nH]n3)cc(Cl)c2cc2c(=O)cc(C(=O)O)oc12. The topological polar surface area (TPSA) is 135 Å². The number of aryl methyl sites for hydroxylation is 1. The molecule has 0 bridgehead atoms. The van der Waals surface area contributed by atoms with Gasteiger partial charge in [-0.25, -0.2) is 9.78 Å². The molecule has 0 aliphatic carbocycles. The third-order valence-electron chi connectivity index (χ3n) is 4.13. The highest BCUT2D eigenvalue weighted by Crippen LogP contribution is 2.33. The van der Waals surface area contributed by atoms with Crippen molar-refractivity contribution in [1.29, 1.82) is 0 Å². The number of carboxylic acids is 1. The summed E-state index contributed by atoms with van der Waals surface area (Å²) in [6.45, 7) is 1.95. The number of fused-ring (bicyclic) bond motifs is 2. The molecular formula is C17H12ClN5O4. The van der Waals surface area contributed by atoms with Crippen LogP contribution in [0.25, 0.3) is 33.4 Å². The quantitative estimate of drug-likeness (QED) is 0.512. The minimum atomic E-state index is -1.32. The number of carbonyl (C=O) groups is 1. The molecule has 0 spiro atoms. The average Bonchev–Trinajstić information content (AvgIpc) is 3.17. The lowest BCUT2D eigenvalue weighted by molar-refractivity contribution is 0.0663. The van der Waals surface area contributed by atoms with Gasteiger partial charge in [-0.15, -0.1) is 10.2 Å². The maximum Gasteiger partial charge on any atom is 0.371 e. The number of nitrogens with one attached hydrogen (secondary N) is 1. The number of aromatic amines is 1. The van der Waals surface area contributed by atoms with Gasteiger partial charge < -0.3 is 9.52 Å². The summed E-state index contributed by atoms with van der Waals surface area (Å²) < 4.78 is 5.53. The first-order chi connectivity index (χ1) is 13.0. The molecule has 2 N–H and O–H groups in total. The zero-order chi connectivity index (χ0) is 19.1. The Kier molecular flexibility index (Phi) is 4.08. The first kappa shape index (κ1) is 17.1. The standard InChI is InChI=1S/C17H12ClN5O4/c1-2-3-7-14-8(10(18)5-11(19-14)16-20-22-23-21-16)4-9-12(24)6-13(17(25)26)27-15(7)9/h4-6H,2-3H2,1H3,(H,25,26)(H,20,21,22,23). The summed E-state index contributed by atoms with van der Waals surface area (Å²) >= 11 is 6.43. The fraction of sp³-hybridized carbons (Fsp3) is 0.176. The van der Waals surface area contributed by atoms with Gasteiger partial charge >= 0.3 is 5.97 Å².